The zero-order valence-electron chi connectivity index (χ0n) is 12.8. The molecule has 0 saturated carbocycles. The van der Waals surface area contributed by atoms with Crippen molar-refractivity contribution in [2.24, 2.45) is 5.73 Å². The number of aromatic amines is 1. The third-order valence-corrected chi connectivity index (χ3v) is 3.77. The van der Waals surface area contributed by atoms with Gasteiger partial charge < -0.3 is 30.8 Å². The van der Waals surface area contributed by atoms with Crippen LogP contribution in [0, 0.1) is 0 Å². The standard InChI is InChI=1S/C14H20N4O5/c1-2-23-11(19)10-7-9(8-16-10)17-13(21)18-5-3-14(22,4-6-18)12(15)20/h7-8,16,22H,2-6H2,1H3,(H2,15,20)(H,17,21). The first-order valence-corrected chi connectivity index (χ1v) is 7.29. The number of primary amides is 1. The number of nitrogens with one attached hydrogen (secondary N) is 2. The molecule has 2 heterocycles. The fourth-order valence-electron chi connectivity index (χ4n) is 2.32. The summed E-state index contributed by atoms with van der Waals surface area (Å²) in [7, 11) is 0. The van der Waals surface area contributed by atoms with E-state index in [1.54, 1.807) is 6.92 Å². The van der Waals surface area contributed by atoms with Crippen LogP contribution in [0.15, 0.2) is 12.3 Å². The number of nitrogens with zero attached hydrogens (tertiary/aromatic N) is 1. The van der Waals surface area contributed by atoms with Crippen LogP contribution in [-0.2, 0) is 9.53 Å². The van der Waals surface area contributed by atoms with E-state index in [-0.39, 0.29) is 44.3 Å². The van der Waals surface area contributed by atoms with Gasteiger partial charge in [0.2, 0.25) is 5.91 Å². The Labute approximate surface area is 132 Å². The number of anilines is 1. The summed E-state index contributed by atoms with van der Waals surface area (Å²) in [6, 6.07) is 1.09. The Morgan fingerprint density at radius 2 is 2.09 bits per heavy atom. The lowest BCUT2D eigenvalue weighted by atomic mass is 9.91. The van der Waals surface area contributed by atoms with Crippen molar-refractivity contribution in [2.45, 2.75) is 25.4 Å². The van der Waals surface area contributed by atoms with Crippen LogP contribution in [0.25, 0.3) is 0 Å². The van der Waals surface area contributed by atoms with Gasteiger partial charge in [0.1, 0.15) is 11.3 Å². The molecule has 1 aromatic rings. The molecule has 0 spiro atoms. The molecule has 9 nitrogen and oxygen atoms in total. The monoisotopic (exact) mass is 324 g/mol. The number of urea groups is 1. The second kappa shape index (κ2) is 6.69. The number of nitrogens with two attached hydrogens (primary N) is 1. The maximum atomic E-state index is 12.1. The van der Waals surface area contributed by atoms with Crippen LogP contribution in [0.5, 0.6) is 0 Å². The Morgan fingerprint density at radius 1 is 1.43 bits per heavy atom. The number of aromatic nitrogens is 1. The summed E-state index contributed by atoms with van der Waals surface area (Å²) < 4.78 is 4.84. The topological polar surface area (TPSA) is 138 Å². The van der Waals surface area contributed by atoms with Crippen LogP contribution < -0.4 is 11.1 Å². The molecule has 0 unspecified atom stereocenters. The number of H-pyrrole nitrogens is 1. The number of amides is 3. The van der Waals surface area contributed by atoms with Crippen LogP contribution in [0.2, 0.25) is 0 Å². The van der Waals surface area contributed by atoms with Crippen LogP contribution in [-0.4, -0.2) is 58.2 Å². The third kappa shape index (κ3) is 3.81. The van der Waals surface area contributed by atoms with Crippen molar-refractivity contribution in [1.29, 1.82) is 0 Å². The Morgan fingerprint density at radius 3 is 2.65 bits per heavy atom. The van der Waals surface area contributed by atoms with E-state index < -0.39 is 17.5 Å². The van der Waals surface area contributed by atoms with Crippen LogP contribution in [0.4, 0.5) is 10.5 Å². The molecule has 1 aliphatic rings. The lowest BCUT2D eigenvalue weighted by Crippen LogP contribution is -2.54. The van der Waals surface area contributed by atoms with Gasteiger partial charge in [0.05, 0.1) is 12.3 Å². The molecule has 3 amide bonds. The first kappa shape index (κ1) is 16.8. The van der Waals surface area contributed by atoms with Crippen molar-refractivity contribution >= 4 is 23.6 Å². The molecule has 0 bridgehead atoms. The zero-order chi connectivity index (χ0) is 17.0. The smallest absolute Gasteiger partial charge is 0.354 e. The van der Waals surface area contributed by atoms with Crippen molar-refractivity contribution in [3.8, 4) is 0 Å². The third-order valence-electron chi connectivity index (χ3n) is 3.77. The molecular weight excluding hydrogens is 304 g/mol. The first-order valence-electron chi connectivity index (χ1n) is 7.29. The minimum Gasteiger partial charge on any atom is -0.461 e. The molecule has 1 fully saturated rings. The van der Waals surface area contributed by atoms with Gasteiger partial charge in [-0.25, -0.2) is 9.59 Å². The Kier molecular flexibility index (Phi) is 4.89. The summed E-state index contributed by atoms with van der Waals surface area (Å²) in [5.41, 5.74) is 4.26. The molecule has 9 heteroatoms. The van der Waals surface area contributed by atoms with Gasteiger partial charge in [-0.05, 0) is 13.0 Å². The number of likely N-dealkylation sites (tertiary alicyclic amines) is 1. The second-order valence-corrected chi connectivity index (χ2v) is 5.34. The molecule has 5 N–H and O–H groups in total. The molecule has 0 aromatic carbocycles. The van der Waals surface area contributed by atoms with Gasteiger partial charge in [-0.15, -0.1) is 0 Å². The average molecular weight is 324 g/mol. The van der Waals surface area contributed by atoms with E-state index in [0.29, 0.717) is 5.69 Å². The molecule has 23 heavy (non-hydrogen) atoms. The molecule has 0 aliphatic carbocycles. The quantitative estimate of drug-likeness (QED) is 0.579. The highest BCUT2D eigenvalue weighted by Crippen LogP contribution is 2.22. The van der Waals surface area contributed by atoms with Crippen molar-refractivity contribution < 1.29 is 24.2 Å². The van der Waals surface area contributed by atoms with Gasteiger partial charge in [-0.1, -0.05) is 0 Å². The minimum absolute atomic E-state index is 0.0942. The Balaban J connectivity index is 1.91. The SMILES string of the molecule is CCOC(=O)c1cc(NC(=O)N2CCC(O)(C(N)=O)CC2)c[nH]1. The van der Waals surface area contributed by atoms with Gasteiger partial charge in [-0.3, -0.25) is 4.79 Å². The van der Waals surface area contributed by atoms with Crippen molar-refractivity contribution in [3.05, 3.63) is 18.0 Å². The van der Waals surface area contributed by atoms with Crippen LogP contribution in [0.1, 0.15) is 30.3 Å². The molecule has 0 radical (unpaired) electrons. The van der Waals surface area contributed by atoms with Crippen molar-refractivity contribution in [3.63, 3.8) is 0 Å². The van der Waals surface area contributed by atoms with E-state index in [1.807, 2.05) is 0 Å². The fourth-order valence-corrected chi connectivity index (χ4v) is 2.32. The molecule has 1 saturated heterocycles. The molecule has 0 atom stereocenters. The summed E-state index contributed by atoms with van der Waals surface area (Å²) in [5.74, 6) is -1.28. The van der Waals surface area contributed by atoms with Gasteiger partial charge >= 0.3 is 12.0 Å². The summed E-state index contributed by atoms with van der Waals surface area (Å²) in [5, 5.41) is 12.6. The number of aliphatic hydroxyl groups is 1. The predicted molar refractivity (Wildman–Crippen MR) is 80.7 cm³/mol. The molecule has 1 aromatic heterocycles. The number of hydrogen-bond donors (Lipinski definition) is 4. The maximum absolute atomic E-state index is 12.1. The van der Waals surface area contributed by atoms with Gasteiger partial charge in [0.25, 0.3) is 0 Å². The van der Waals surface area contributed by atoms with Crippen molar-refractivity contribution in [2.75, 3.05) is 25.0 Å². The minimum atomic E-state index is -1.55. The fraction of sp³-hybridized carbons (Fsp3) is 0.500. The number of piperidine rings is 1. The van der Waals surface area contributed by atoms with Gasteiger partial charge in [0.15, 0.2) is 0 Å². The van der Waals surface area contributed by atoms with Crippen LogP contribution >= 0.6 is 0 Å². The number of carbonyl (C=O) groups is 3. The van der Waals surface area contributed by atoms with E-state index in [1.165, 1.54) is 17.2 Å². The Hall–Kier alpha value is -2.55. The summed E-state index contributed by atoms with van der Waals surface area (Å²) in [6.07, 6.45) is 1.67. The zero-order valence-corrected chi connectivity index (χ0v) is 12.8. The lowest BCUT2D eigenvalue weighted by molar-refractivity contribution is -0.140. The van der Waals surface area contributed by atoms with Crippen LogP contribution in [0.3, 0.4) is 0 Å². The predicted octanol–water partition coefficient (Wildman–Crippen LogP) is 0.0355. The van der Waals surface area contributed by atoms with E-state index >= 15 is 0 Å². The average Bonchev–Trinajstić information content (AvgIpc) is 2.96. The van der Waals surface area contributed by atoms with Crippen molar-refractivity contribution in [1.82, 2.24) is 9.88 Å². The molecule has 126 valence electrons. The van der Waals surface area contributed by atoms with E-state index in [0.717, 1.165) is 0 Å². The summed E-state index contributed by atoms with van der Waals surface area (Å²) >= 11 is 0. The van der Waals surface area contributed by atoms with E-state index in [2.05, 4.69) is 10.3 Å². The highest BCUT2D eigenvalue weighted by molar-refractivity contribution is 5.93. The number of esters is 1. The first-order chi connectivity index (χ1) is 10.9. The highest BCUT2D eigenvalue weighted by atomic mass is 16.5. The second-order valence-electron chi connectivity index (χ2n) is 5.34. The maximum Gasteiger partial charge on any atom is 0.354 e. The Bertz CT molecular complexity index is 604. The number of ether oxygens (including phenoxy) is 1. The normalized spacial score (nSPS) is 16.7. The number of hydrogen-bond acceptors (Lipinski definition) is 5. The van der Waals surface area contributed by atoms with E-state index in [4.69, 9.17) is 10.5 Å². The molecule has 1 aliphatic heterocycles. The summed E-state index contributed by atoms with van der Waals surface area (Å²) in [4.78, 5) is 39.0. The largest absolute Gasteiger partial charge is 0.461 e. The molecule has 2 rings (SSSR count). The highest BCUT2D eigenvalue weighted by Gasteiger charge is 2.38. The van der Waals surface area contributed by atoms with Gasteiger partial charge in [0, 0.05) is 32.1 Å². The number of carbonyl (C=O) groups excluding carboxylic acids is 3. The molecular formula is C14H20N4O5. The lowest BCUT2D eigenvalue weighted by Gasteiger charge is -2.35. The number of rotatable bonds is 4. The summed E-state index contributed by atoms with van der Waals surface area (Å²) in [6.45, 7) is 2.38. The van der Waals surface area contributed by atoms with E-state index in [9.17, 15) is 19.5 Å². The van der Waals surface area contributed by atoms with Gasteiger partial charge in [-0.2, -0.15) is 0 Å².